The first-order chi connectivity index (χ1) is 5.45. The SMILES string of the molecule is C=C(C)C(=O)C(N)CCC(N)=O. The third-order valence-electron chi connectivity index (χ3n) is 1.46. The second-order valence-corrected chi connectivity index (χ2v) is 2.76. The fraction of sp³-hybridized carbons (Fsp3) is 0.500. The molecule has 0 aromatic rings. The van der Waals surface area contributed by atoms with Gasteiger partial charge in [0.15, 0.2) is 5.78 Å². The van der Waals surface area contributed by atoms with Crippen LogP contribution in [0.3, 0.4) is 0 Å². The van der Waals surface area contributed by atoms with Crippen molar-refractivity contribution in [3.8, 4) is 0 Å². The van der Waals surface area contributed by atoms with E-state index in [9.17, 15) is 9.59 Å². The summed E-state index contributed by atoms with van der Waals surface area (Å²) < 4.78 is 0. The molecule has 0 fully saturated rings. The van der Waals surface area contributed by atoms with Crippen molar-refractivity contribution in [2.24, 2.45) is 11.5 Å². The van der Waals surface area contributed by atoms with E-state index in [2.05, 4.69) is 6.58 Å². The lowest BCUT2D eigenvalue weighted by Gasteiger charge is -2.07. The fourth-order valence-corrected chi connectivity index (χ4v) is 0.745. The van der Waals surface area contributed by atoms with Gasteiger partial charge < -0.3 is 11.5 Å². The Hall–Kier alpha value is -1.16. The van der Waals surface area contributed by atoms with E-state index in [1.807, 2.05) is 0 Å². The van der Waals surface area contributed by atoms with Crippen molar-refractivity contribution in [1.82, 2.24) is 0 Å². The molecule has 0 bridgehead atoms. The summed E-state index contributed by atoms with van der Waals surface area (Å²) in [5, 5.41) is 0. The molecule has 0 aromatic carbocycles. The van der Waals surface area contributed by atoms with E-state index < -0.39 is 11.9 Å². The smallest absolute Gasteiger partial charge is 0.217 e. The molecular formula is C8H14N2O2. The van der Waals surface area contributed by atoms with Crippen LogP contribution in [0.25, 0.3) is 0 Å². The van der Waals surface area contributed by atoms with E-state index in [0.29, 0.717) is 12.0 Å². The molecule has 0 spiro atoms. The van der Waals surface area contributed by atoms with E-state index in [4.69, 9.17) is 11.5 Å². The van der Waals surface area contributed by atoms with Gasteiger partial charge in [-0.1, -0.05) is 6.58 Å². The highest BCUT2D eigenvalue weighted by atomic mass is 16.1. The van der Waals surface area contributed by atoms with Gasteiger partial charge in [-0.25, -0.2) is 0 Å². The molecule has 0 heterocycles. The molecular weight excluding hydrogens is 156 g/mol. The summed E-state index contributed by atoms with van der Waals surface area (Å²) in [5.41, 5.74) is 10.7. The van der Waals surface area contributed by atoms with E-state index in [0.717, 1.165) is 0 Å². The average molecular weight is 170 g/mol. The van der Waals surface area contributed by atoms with Gasteiger partial charge in [0.25, 0.3) is 0 Å². The van der Waals surface area contributed by atoms with Crippen molar-refractivity contribution in [2.45, 2.75) is 25.8 Å². The molecule has 0 aliphatic rings. The highest BCUT2D eigenvalue weighted by molar-refractivity contribution is 5.98. The quantitative estimate of drug-likeness (QED) is 0.556. The van der Waals surface area contributed by atoms with Crippen LogP contribution >= 0.6 is 0 Å². The molecule has 0 aliphatic heterocycles. The standard InChI is InChI=1S/C8H14N2O2/c1-5(2)8(12)6(9)3-4-7(10)11/h6H,1,3-4,9H2,2H3,(H2,10,11). The normalized spacial score (nSPS) is 12.2. The summed E-state index contributed by atoms with van der Waals surface area (Å²) in [6.45, 7) is 5.05. The zero-order valence-electron chi connectivity index (χ0n) is 7.17. The van der Waals surface area contributed by atoms with Crippen LogP contribution in [0.5, 0.6) is 0 Å². The Morgan fingerprint density at radius 1 is 1.50 bits per heavy atom. The number of carbonyl (C=O) groups is 2. The molecule has 68 valence electrons. The van der Waals surface area contributed by atoms with E-state index in [1.165, 1.54) is 0 Å². The van der Waals surface area contributed by atoms with Crippen LogP contribution in [0.15, 0.2) is 12.2 Å². The fourth-order valence-electron chi connectivity index (χ4n) is 0.745. The summed E-state index contributed by atoms with van der Waals surface area (Å²) in [6, 6.07) is -0.644. The van der Waals surface area contributed by atoms with Crippen LogP contribution in [0.1, 0.15) is 19.8 Å². The minimum atomic E-state index is -0.644. The first-order valence-electron chi connectivity index (χ1n) is 3.68. The largest absolute Gasteiger partial charge is 0.370 e. The molecule has 1 unspecified atom stereocenters. The Bertz CT molecular complexity index is 211. The second kappa shape index (κ2) is 4.66. The van der Waals surface area contributed by atoms with Crippen LogP contribution in [0.4, 0.5) is 0 Å². The molecule has 0 radical (unpaired) electrons. The lowest BCUT2D eigenvalue weighted by molar-refractivity contribution is -0.119. The van der Waals surface area contributed by atoms with Gasteiger partial charge in [0.1, 0.15) is 0 Å². The van der Waals surface area contributed by atoms with Gasteiger partial charge in [0.2, 0.25) is 5.91 Å². The van der Waals surface area contributed by atoms with Crippen molar-refractivity contribution in [2.75, 3.05) is 0 Å². The van der Waals surface area contributed by atoms with Gasteiger partial charge in [0, 0.05) is 6.42 Å². The van der Waals surface area contributed by atoms with Gasteiger partial charge in [-0.2, -0.15) is 0 Å². The van der Waals surface area contributed by atoms with Gasteiger partial charge >= 0.3 is 0 Å². The van der Waals surface area contributed by atoms with Gasteiger partial charge in [-0.05, 0) is 18.9 Å². The Kier molecular flexibility index (Phi) is 4.21. The number of hydrogen-bond donors (Lipinski definition) is 2. The Morgan fingerprint density at radius 2 is 2.00 bits per heavy atom. The van der Waals surface area contributed by atoms with Crippen molar-refractivity contribution in [1.29, 1.82) is 0 Å². The number of hydrogen-bond acceptors (Lipinski definition) is 3. The maximum absolute atomic E-state index is 11.1. The van der Waals surface area contributed by atoms with Crippen molar-refractivity contribution >= 4 is 11.7 Å². The Labute approximate surface area is 71.6 Å². The van der Waals surface area contributed by atoms with Gasteiger partial charge in [-0.15, -0.1) is 0 Å². The number of ketones is 1. The average Bonchev–Trinajstić information content (AvgIpc) is 1.98. The summed E-state index contributed by atoms with van der Waals surface area (Å²) in [6.07, 6.45) is 0.432. The highest BCUT2D eigenvalue weighted by Gasteiger charge is 2.14. The van der Waals surface area contributed by atoms with Crippen LogP contribution < -0.4 is 11.5 Å². The molecule has 1 amide bonds. The number of primary amides is 1. The molecule has 1 atom stereocenters. The predicted molar refractivity (Wildman–Crippen MR) is 46.2 cm³/mol. The molecule has 4 N–H and O–H groups in total. The third kappa shape index (κ3) is 3.88. The number of rotatable bonds is 5. The zero-order chi connectivity index (χ0) is 9.72. The van der Waals surface area contributed by atoms with Gasteiger partial charge in [-0.3, -0.25) is 9.59 Å². The number of amides is 1. The summed E-state index contributed by atoms with van der Waals surface area (Å²) in [7, 11) is 0. The number of Topliss-reactive ketones (excluding diaryl/α,β-unsaturated/α-hetero) is 1. The lowest BCUT2D eigenvalue weighted by atomic mass is 10.0. The summed E-state index contributed by atoms with van der Waals surface area (Å²) in [5.74, 6) is -0.656. The van der Waals surface area contributed by atoms with Crippen molar-refractivity contribution in [3.63, 3.8) is 0 Å². The summed E-state index contributed by atoms with van der Waals surface area (Å²) in [4.78, 5) is 21.4. The molecule has 0 aromatic heterocycles. The maximum Gasteiger partial charge on any atom is 0.217 e. The minimum absolute atomic E-state index is 0.139. The number of carbonyl (C=O) groups excluding carboxylic acids is 2. The lowest BCUT2D eigenvalue weighted by Crippen LogP contribution is -2.32. The minimum Gasteiger partial charge on any atom is -0.370 e. The predicted octanol–water partition coefficient (Wildman–Crippen LogP) is -0.276. The maximum atomic E-state index is 11.1. The van der Waals surface area contributed by atoms with Crippen LogP contribution in [0.2, 0.25) is 0 Å². The molecule has 0 saturated carbocycles. The van der Waals surface area contributed by atoms with E-state index >= 15 is 0 Å². The number of nitrogens with two attached hydrogens (primary N) is 2. The van der Waals surface area contributed by atoms with Crippen LogP contribution in [-0.2, 0) is 9.59 Å². The topological polar surface area (TPSA) is 86.2 Å². The van der Waals surface area contributed by atoms with E-state index in [1.54, 1.807) is 6.92 Å². The molecule has 4 nitrogen and oxygen atoms in total. The zero-order valence-corrected chi connectivity index (χ0v) is 7.17. The molecule has 0 saturated heterocycles. The molecule has 12 heavy (non-hydrogen) atoms. The van der Waals surface area contributed by atoms with Crippen LogP contribution in [-0.4, -0.2) is 17.7 Å². The second-order valence-electron chi connectivity index (χ2n) is 2.76. The summed E-state index contributed by atoms with van der Waals surface area (Å²) >= 11 is 0. The molecule has 0 rings (SSSR count). The van der Waals surface area contributed by atoms with Gasteiger partial charge in [0.05, 0.1) is 6.04 Å². The monoisotopic (exact) mass is 170 g/mol. The Morgan fingerprint density at radius 3 is 2.33 bits per heavy atom. The highest BCUT2D eigenvalue weighted by Crippen LogP contribution is 2.00. The van der Waals surface area contributed by atoms with Crippen molar-refractivity contribution in [3.05, 3.63) is 12.2 Å². The first-order valence-corrected chi connectivity index (χ1v) is 3.68. The molecule has 4 heteroatoms. The third-order valence-corrected chi connectivity index (χ3v) is 1.46. The van der Waals surface area contributed by atoms with E-state index in [-0.39, 0.29) is 12.2 Å². The molecule has 0 aliphatic carbocycles. The Balaban J connectivity index is 3.87. The first kappa shape index (κ1) is 10.8. The van der Waals surface area contributed by atoms with Crippen molar-refractivity contribution < 1.29 is 9.59 Å². The van der Waals surface area contributed by atoms with Crippen LogP contribution in [0, 0.1) is 0 Å².